The fourth-order valence-corrected chi connectivity index (χ4v) is 3.12. The summed E-state index contributed by atoms with van der Waals surface area (Å²) in [4.78, 5) is 31.3. The number of aliphatic hydroxyl groups is 1. The lowest BCUT2D eigenvalue weighted by Gasteiger charge is -2.19. The summed E-state index contributed by atoms with van der Waals surface area (Å²) in [7, 11) is 4.78. The van der Waals surface area contributed by atoms with E-state index < -0.39 is 11.2 Å². The Morgan fingerprint density at radius 2 is 1.88 bits per heavy atom. The normalized spacial score (nSPS) is 11.3. The number of likely N-dealkylation sites (N-methyl/N-ethyl adjacent to an activating group) is 1. The van der Waals surface area contributed by atoms with Crippen LogP contribution in [0.3, 0.4) is 0 Å². The highest BCUT2D eigenvalue weighted by Crippen LogP contribution is 2.23. The minimum atomic E-state index is -0.443. The predicted molar refractivity (Wildman–Crippen MR) is 101 cm³/mol. The van der Waals surface area contributed by atoms with Crippen LogP contribution in [0.4, 0.5) is 5.95 Å². The Bertz CT molecular complexity index is 1080. The predicted octanol–water partition coefficient (Wildman–Crippen LogP) is 0.564. The maximum Gasteiger partial charge on any atom is 0.332 e. The van der Waals surface area contributed by atoms with E-state index in [1.54, 1.807) is 29.6 Å². The van der Waals surface area contributed by atoms with E-state index in [0.29, 0.717) is 35.2 Å². The van der Waals surface area contributed by atoms with Gasteiger partial charge in [-0.1, -0.05) is 29.8 Å². The number of aromatic nitrogens is 4. The van der Waals surface area contributed by atoms with Crippen LogP contribution in [0.25, 0.3) is 11.2 Å². The Kier molecular flexibility index (Phi) is 4.88. The van der Waals surface area contributed by atoms with E-state index in [1.807, 2.05) is 18.2 Å². The Morgan fingerprint density at radius 1 is 1.19 bits per heavy atom. The van der Waals surface area contributed by atoms with E-state index in [1.165, 1.54) is 11.6 Å². The Labute approximate surface area is 154 Å². The fourth-order valence-electron chi connectivity index (χ4n) is 2.92. The number of fused-ring (bicyclic) bond motifs is 1. The van der Waals surface area contributed by atoms with Crippen molar-refractivity contribution in [3.05, 3.63) is 55.7 Å². The number of halogens is 1. The lowest BCUT2D eigenvalue weighted by atomic mass is 10.2. The van der Waals surface area contributed by atoms with Crippen LogP contribution in [0.15, 0.2) is 33.9 Å². The first-order chi connectivity index (χ1) is 12.4. The van der Waals surface area contributed by atoms with Gasteiger partial charge in [-0.2, -0.15) is 4.98 Å². The van der Waals surface area contributed by atoms with Gasteiger partial charge in [0.2, 0.25) is 5.95 Å². The van der Waals surface area contributed by atoms with Crippen molar-refractivity contribution in [1.82, 2.24) is 18.7 Å². The van der Waals surface area contributed by atoms with Crippen molar-refractivity contribution in [2.45, 2.75) is 6.54 Å². The summed E-state index contributed by atoms with van der Waals surface area (Å²) < 4.78 is 4.13. The van der Waals surface area contributed by atoms with Crippen LogP contribution in [0.5, 0.6) is 0 Å². The van der Waals surface area contributed by atoms with Gasteiger partial charge in [-0.05, 0) is 11.6 Å². The van der Waals surface area contributed by atoms with Crippen molar-refractivity contribution < 1.29 is 5.11 Å². The second-order valence-electron chi connectivity index (χ2n) is 6.11. The van der Waals surface area contributed by atoms with Crippen LogP contribution >= 0.6 is 11.6 Å². The lowest BCUT2D eigenvalue weighted by molar-refractivity contribution is 0.303. The molecule has 1 aromatic carbocycles. The van der Waals surface area contributed by atoms with E-state index in [0.717, 1.165) is 10.1 Å². The number of nitrogens with zero attached hydrogens (tertiary/aromatic N) is 5. The van der Waals surface area contributed by atoms with Crippen LogP contribution < -0.4 is 16.1 Å². The van der Waals surface area contributed by atoms with Gasteiger partial charge >= 0.3 is 5.69 Å². The molecule has 3 aromatic rings. The first-order valence-electron chi connectivity index (χ1n) is 8.08. The third-order valence-electron chi connectivity index (χ3n) is 4.39. The monoisotopic (exact) mass is 377 g/mol. The number of imidazole rings is 1. The number of anilines is 1. The average Bonchev–Trinajstić information content (AvgIpc) is 3.00. The maximum atomic E-state index is 12.8. The number of aryl methyl sites for hydroxylation is 1. The van der Waals surface area contributed by atoms with Crippen molar-refractivity contribution in [2.75, 3.05) is 25.1 Å². The molecule has 3 rings (SSSR count). The van der Waals surface area contributed by atoms with E-state index in [4.69, 9.17) is 11.6 Å². The highest BCUT2D eigenvalue weighted by Gasteiger charge is 2.21. The molecule has 2 heterocycles. The fraction of sp³-hybridized carbons (Fsp3) is 0.353. The van der Waals surface area contributed by atoms with Gasteiger partial charge in [-0.25, -0.2) is 4.79 Å². The summed E-state index contributed by atoms with van der Waals surface area (Å²) in [5, 5.41) is 9.85. The summed E-state index contributed by atoms with van der Waals surface area (Å²) >= 11 is 6.29. The molecule has 0 fully saturated rings. The van der Waals surface area contributed by atoms with E-state index in [2.05, 4.69) is 4.98 Å². The number of aliphatic hydroxyl groups excluding tert-OH is 1. The SMILES string of the molecule is CN(CCO)c1nc2c(c(=O)n(C)c(=O)n2C)n1Cc1ccccc1Cl. The van der Waals surface area contributed by atoms with Gasteiger partial charge in [0, 0.05) is 32.7 Å². The molecule has 0 aliphatic carbocycles. The second kappa shape index (κ2) is 6.97. The third-order valence-corrected chi connectivity index (χ3v) is 4.76. The van der Waals surface area contributed by atoms with Crippen LogP contribution in [0, 0.1) is 0 Å². The molecular weight excluding hydrogens is 358 g/mol. The van der Waals surface area contributed by atoms with Gasteiger partial charge in [0.15, 0.2) is 11.2 Å². The first-order valence-corrected chi connectivity index (χ1v) is 8.46. The van der Waals surface area contributed by atoms with Gasteiger partial charge in [0.1, 0.15) is 0 Å². The minimum Gasteiger partial charge on any atom is -0.395 e. The van der Waals surface area contributed by atoms with Crippen LogP contribution in [-0.4, -0.2) is 44.0 Å². The molecule has 0 bridgehead atoms. The maximum absolute atomic E-state index is 12.8. The quantitative estimate of drug-likeness (QED) is 0.702. The molecule has 26 heavy (non-hydrogen) atoms. The minimum absolute atomic E-state index is 0.0667. The molecule has 0 saturated carbocycles. The second-order valence-corrected chi connectivity index (χ2v) is 6.52. The van der Waals surface area contributed by atoms with Gasteiger partial charge < -0.3 is 10.0 Å². The molecule has 0 spiro atoms. The molecule has 1 N–H and O–H groups in total. The summed E-state index contributed by atoms with van der Waals surface area (Å²) in [6, 6.07) is 7.35. The summed E-state index contributed by atoms with van der Waals surface area (Å²) in [5.41, 5.74) is 0.565. The Hall–Kier alpha value is -2.58. The van der Waals surface area contributed by atoms with Crippen LogP contribution in [-0.2, 0) is 20.6 Å². The standard InChI is InChI=1S/C17H20ClN5O3/c1-20(8-9-24)16-19-14-13(15(25)22(3)17(26)21(14)2)23(16)10-11-6-4-5-7-12(11)18/h4-7,24H,8-10H2,1-3H3. The van der Waals surface area contributed by atoms with Gasteiger partial charge in [-0.15, -0.1) is 0 Å². The summed E-state index contributed by atoms with van der Waals surface area (Å²) in [6.45, 7) is 0.581. The van der Waals surface area contributed by atoms with Crippen molar-refractivity contribution in [3.8, 4) is 0 Å². The largest absolute Gasteiger partial charge is 0.395 e. The molecule has 8 nitrogen and oxygen atoms in total. The van der Waals surface area contributed by atoms with Crippen molar-refractivity contribution in [2.24, 2.45) is 14.1 Å². The van der Waals surface area contributed by atoms with Gasteiger partial charge in [0.25, 0.3) is 5.56 Å². The van der Waals surface area contributed by atoms with Gasteiger partial charge in [0.05, 0.1) is 13.2 Å². The third kappa shape index (κ3) is 2.91. The molecule has 0 radical (unpaired) electrons. The van der Waals surface area contributed by atoms with E-state index >= 15 is 0 Å². The number of benzene rings is 1. The Morgan fingerprint density at radius 3 is 2.54 bits per heavy atom. The summed E-state index contributed by atoms with van der Waals surface area (Å²) in [6.07, 6.45) is 0. The molecule has 0 unspecified atom stereocenters. The molecule has 0 saturated heterocycles. The van der Waals surface area contributed by atoms with E-state index in [-0.39, 0.29) is 6.61 Å². The molecule has 0 aliphatic heterocycles. The molecule has 0 amide bonds. The van der Waals surface area contributed by atoms with Crippen molar-refractivity contribution >= 4 is 28.7 Å². The highest BCUT2D eigenvalue weighted by atomic mass is 35.5. The molecule has 0 aliphatic rings. The number of rotatable bonds is 5. The zero-order valence-electron chi connectivity index (χ0n) is 14.8. The zero-order valence-corrected chi connectivity index (χ0v) is 15.6. The number of hydrogen-bond acceptors (Lipinski definition) is 5. The highest BCUT2D eigenvalue weighted by molar-refractivity contribution is 6.31. The van der Waals surface area contributed by atoms with Crippen LogP contribution in [0.2, 0.25) is 5.02 Å². The lowest BCUT2D eigenvalue weighted by Crippen LogP contribution is -2.37. The molecule has 0 atom stereocenters. The zero-order chi connectivity index (χ0) is 19.0. The van der Waals surface area contributed by atoms with E-state index in [9.17, 15) is 14.7 Å². The van der Waals surface area contributed by atoms with Crippen molar-refractivity contribution in [3.63, 3.8) is 0 Å². The molecule has 2 aromatic heterocycles. The molecule has 9 heteroatoms. The Balaban J connectivity index is 2.33. The first kappa shape index (κ1) is 18.2. The molecule has 138 valence electrons. The smallest absolute Gasteiger partial charge is 0.332 e. The topological polar surface area (TPSA) is 85.3 Å². The van der Waals surface area contributed by atoms with Crippen molar-refractivity contribution in [1.29, 1.82) is 0 Å². The number of hydrogen-bond donors (Lipinski definition) is 1. The average molecular weight is 378 g/mol. The van der Waals surface area contributed by atoms with Gasteiger partial charge in [-0.3, -0.25) is 18.5 Å². The van der Waals surface area contributed by atoms with Crippen LogP contribution in [0.1, 0.15) is 5.56 Å². The molecular formula is C17H20ClN5O3. The summed E-state index contributed by atoms with van der Waals surface area (Å²) in [5.74, 6) is 0.479.